The van der Waals surface area contributed by atoms with Gasteiger partial charge in [-0.25, -0.2) is 4.98 Å². The van der Waals surface area contributed by atoms with Crippen LogP contribution in [0.5, 0.6) is 0 Å². The Bertz CT molecular complexity index is 486. The fraction of sp³-hybridized carbons (Fsp3) is 0.417. The van der Waals surface area contributed by atoms with E-state index in [0.29, 0.717) is 6.04 Å². The molecule has 1 atom stereocenters. The molecule has 0 radical (unpaired) electrons. The Kier molecular flexibility index (Phi) is 2.96. The van der Waals surface area contributed by atoms with Crippen molar-refractivity contribution < 1.29 is 4.74 Å². The number of thiazole rings is 1. The number of aryl methyl sites for hydroxylation is 1. The molecule has 0 amide bonds. The fourth-order valence-corrected chi connectivity index (χ4v) is 3.17. The van der Waals surface area contributed by atoms with Crippen LogP contribution in [0.25, 0.3) is 10.6 Å². The number of aromatic amines is 1. The van der Waals surface area contributed by atoms with Crippen molar-refractivity contribution in [3.05, 3.63) is 29.0 Å². The van der Waals surface area contributed by atoms with Crippen LogP contribution in [0, 0.1) is 6.92 Å². The number of rotatable bonds is 2. The summed E-state index contributed by atoms with van der Waals surface area (Å²) in [6, 6.07) is 2.35. The van der Waals surface area contributed by atoms with E-state index in [0.717, 1.165) is 36.0 Å². The molecule has 17 heavy (non-hydrogen) atoms. The normalized spacial score (nSPS) is 20.6. The van der Waals surface area contributed by atoms with Gasteiger partial charge in [-0.2, -0.15) is 0 Å². The summed E-state index contributed by atoms with van der Waals surface area (Å²) < 4.78 is 5.50. The SMILES string of the molecule is Cc1nc(-c2cc[nH]c2)sc1C1COCCN1. The van der Waals surface area contributed by atoms with E-state index < -0.39 is 0 Å². The Morgan fingerprint density at radius 1 is 1.53 bits per heavy atom. The first-order valence-electron chi connectivity index (χ1n) is 5.76. The van der Waals surface area contributed by atoms with Crippen molar-refractivity contribution in [3.63, 3.8) is 0 Å². The minimum absolute atomic E-state index is 0.300. The molecular formula is C12H15N3OS. The van der Waals surface area contributed by atoms with Crippen LogP contribution in [0.2, 0.25) is 0 Å². The molecule has 0 saturated carbocycles. The average molecular weight is 249 g/mol. The van der Waals surface area contributed by atoms with E-state index >= 15 is 0 Å². The van der Waals surface area contributed by atoms with Crippen LogP contribution < -0.4 is 5.32 Å². The molecule has 2 aromatic heterocycles. The second-order valence-corrected chi connectivity index (χ2v) is 5.18. The summed E-state index contributed by atoms with van der Waals surface area (Å²) in [6.45, 7) is 4.54. The molecule has 2 N–H and O–H groups in total. The third kappa shape index (κ3) is 2.13. The molecule has 1 aliphatic heterocycles. The Balaban J connectivity index is 1.90. The van der Waals surface area contributed by atoms with Gasteiger partial charge in [0.2, 0.25) is 0 Å². The predicted octanol–water partition coefficient (Wildman–Crippen LogP) is 2.11. The van der Waals surface area contributed by atoms with Gasteiger partial charge in [0.25, 0.3) is 0 Å². The van der Waals surface area contributed by atoms with Crippen LogP contribution in [-0.2, 0) is 4.74 Å². The van der Waals surface area contributed by atoms with E-state index in [1.54, 1.807) is 11.3 Å². The van der Waals surface area contributed by atoms with Gasteiger partial charge in [-0.3, -0.25) is 0 Å². The van der Waals surface area contributed by atoms with E-state index in [9.17, 15) is 0 Å². The highest BCUT2D eigenvalue weighted by Gasteiger charge is 2.21. The van der Waals surface area contributed by atoms with Gasteiger partial charge in [0.05, 0.1) is 24.9 Å². The van der Waals surface area contributed by atoms with Gasteiger partial charge in [-0.15, -0.1) is 11.3 Å². The zero-order valence-electron chi connectivity index (χ0n) is 9.69. The van der Waals surface area contributed by atoms with Gasteiger partial charge in [-0.05, 0) is 13.0 Å². The summed E-state index contributed by atoms with van der Waals surface area (Å²) in [5.74, 6) is 0. The molecule has 90 valence electrons. The van der Waals surface area contributed by atoms with Crippen LogP contribution in [0.1, 0.15) is 16.6 Å². The molecule has 5 heteroatoms. The molecule has 3 heterocycles. The third-order valence-corrected chi connectivity index (χ3v) is 4.24. The second-order valence-electron chi connectivity index (χ2n) is 4.15. The smallest absolute Gasteiger partial charge is 0.125 e. The molecule has 0 aliphatic carbocycles. The maximum atomic E-state index is 5.50. The third-order valence-electron chi connectivity index (χ3n) is 2.92. The van der Waals surface area contributed by atoms with Crippen LogP contribution in [0.4, 0.5) is 0 Å². The summed E-state index contributed by atoms with van der Waals surface area (Å²) in [7, 11) is 0. The molecule has 1 fully saturated rings. The summed E-state index contributed by atoms with van der Waals surface area (Å²) >= 11 is 1.75. The van der Waals surface area contributed by atoms with E-state index in [2.05, 4.69) is 22.2 Å². The molecule has 2 aromatic rings. The van der Waals surface area contributed by atoms with Gasteiger partial charge >= 0.3 is 0 Å². The number of hydrogen-bond acceptors (Lipinski definition) is 4. The van der Waals surface area contributed by atoms with Gasteiger partial charge in [0, 0.05) is 29.4 Å². The first-order chi connectivity index (χ1) is 8.34. The van der Waals surface area contributed by atoms with E-state index in [1.807, 2.05) is 18.5 Å². The molecule has 0 aromatic carbocycles. The minimum atomic E-state index is 0.300. The molecule has 0 bridgehead atoms. The van der Waals surface area contributed by atoms with Crippen molar-refractivity contribution in [2.45, 2.75) is 13.0 Å². The van der Waals surface area contributed by atoms with Crippen LogP contribution in [-0.4, -0.2) is 29.7 Å². The average Bonchev–Trinajstić information content (AvgIpc) is 2.99. The number of H-pyrrole nitrogens is 1. The van der Waals surface area contributed by atoms with E-state index in [4.69, 9.17) is 4.74 Å². The van der Waals surface area contributed by atoms with E-state index in [-0.39, 0.29) is 0 Å². The van der Waals surface area contributed by atoms with Gasteiger partial charge in [0.15, 0.2) is 0 Å². The molecule has 1 aliphatic rings. The van der Waals surface area contributed by atoms with Gasteiger partial charge < -0.3 is 15.0 Å². The van der Waals surface area contributed by atoms with Crippen LogP contribution >= 0.6 is 11.3 Å². The molecule has 4 nitrogen and oxygen atoms in total. The standard InChI is InChI=1S/C12H15N3OS/c1-8-11(10-7-16-5-4-14-10)17-12(15-8)9-2-3-13-6-9/h2-3,6,10,13-14H,4-5,7H2,1H3. The largest absolute Gasteiger partial charge is 0.378 e. The quantitative estimate of drug-likeness (QED) is 0.857. The predicted molar refractivity (Wildman–Crippen MR) is 68.2 cm³/mol. The maximum absolute atomic E-state index is 5.50. The van der Waals surface area contributed by atoms with Crippen molar-refractivity contribution in [1.82, 2.24) is 15.3 Å². The lowest BCUT2D eigenvalue weighted by Crippen LogP contribution is -2.34. The fourth-order valence-electron chi connectivity index (χ4n) is 2.05. The highest BCUT2D eigenvalue weighted by Crippen LogP contribution is 2.32. The van der Waals surface area contributed by atoms with Crippen molar-refractivity contribution >= 4 is 11.3 Å². The van der Waals surface area contributed by atoms with Crippen molar-refractivity contribution in [1.29, 1.82) is 0 Å². The molecule has 0 spiro atoms. The highest BCUT2D eigenvalue weighted by molar-refractivity contribution is 7.15. The lowest BCUT2D eigenvalue weighted by Gasteiger charge is -2.22. The minimum Gasteiger partial charge on any atom is -0.378 e. The van der Waals surface area contributed by atoms with E-state index in [1.165, 1.54) is 4.88 Å². The summed E-state index contributed by atoms with van der Waals surface area (Å²) in [5.41, 5.74) is 2.26. The van der Waals surface area contributed by atoms with Crippen molar-refractivity contribution in [2.24, 2.45) is 0 Å². The first kappa shape index (κ1) is 11.0. The van der Waals surface area contributed by atoms with Crippen LogP contribution in [0.3, 0.4) is 0 Å². The molecule has 1 unspecified atom stereocenters. The molecule has 3 rings (SSSR count). The monoisotopic (exact) mass is 249 g/mol. The lowest BCUT2D eigenvalue weighted by atomic mass is 10.2. The summed E-state index contributed by atoms with van der Waals surface area (Å²) in [4.78, 5) is 8.99. The second kappa shape index (κ2) is 4.60. The Morgan fingerprint density at radius 3 is 3.18 bits per heavy atom. The maximum Gasteiger partial charge on any atom is 0.125 e. The number of hydrogen-bond donors (Lipinski definition) is 2. The molecule has 1 saturated heterocycles. The number of nitrogens with one attached hydrogen (secondary N) is 2. The van der Waals surface area contributed by atoms with Crippen molar-refractivity contribution in [2.75, 3.05) is 19.8 Å². The summed E-state index contributed by atoms with van der Waals surface area (Å²) in [5, 5.41) is 4.55. The Labute approximate surface area is 104 Å². The highest BCUT2D eigenvalue weighted by atomic mass is 32.1. The lowest BCUT2D eigenvalue weighted by molar-refractivity contribution is 0.0777. The Hall–Kier alpha value is -1.17. The number of nitrogens with zero attached hydrogens (tertiary/aromatic N) is 1. The molecular weight excluding hydrogens is 234 g/mol. The van der Waals surface area contributed by atoms with Crippen LogP contribution in [0.15, 0.2) is 18.5 Å². The zero-order chi connectivity index (χ0) is 11.7. The number of aromatic nitrogens is 2. The summed E-state index contributed by atoms with van der Waals surface area (Å²) in [6.07, 6.45) is 3.90. The number of morpholine rings is 1. The Morgan fingerprint density at radius 2 is 2.47 bits per heavy atom. The topological polar surface area (TPSA) is 49.9 Å². The number of ether oxygens (including phenoxy) is 1. The van der Waals surface area contributed by atoms with Gasteiger partial charge in [-0.1, -0.05) is 0 Å². The zero-order valence-corrected chi connectivity index (χ0v) is 10.5. The first-order valence-corrected chi connectivity index (χ1v) is 6.58. The van der Waals surface area contributed by atoms with Crippen molar-refractivity contribution in [3.8, 4) is 10.6 Å². The van der Waals surface area contributed by atoms with Gasteiger partial charge in [0.1, 0.15) is 5.01 Å².